The fraction of sp³-hybridized carbons (Fsp3) is 0.320. The molecule has 2 aromatic carbocycles. The number of anilines is 1. The van der Waals surface area contributed by atoms with E-state index in [0.717, 1.165) is 42.7 Å². The number of hydrogen-bond acceptors (Lipinski definition) is 4. The van der Waals surface area contributed by atoms with Gasteiger partial charge in [-0.15, -0.1) is 0 Å². The maximum Gasteiger partial charge on any atom is 0.433 e. The number of benzene rings is 2. The van der Waals surface area contributed by atoms with Gasteiger partial charge in [-0.2, -0.15) is 18.3 Å². The molecule has 1 fully saturated rings. The first-order valence-corrected chi connectivity index (χ1v) is 11.2. The molecule has 176 valence electrons. The zero-order valence-corrected chi connectivity index (χ0v) is 18.6. The lowest BCUT2D eigenvalue weighted by Gasteiger charge is -2.30. The summed E-state index contributed by atoms with van der Waals surface area (Å²) in [5, 5.41) is 12.2. The molecule has 1 aliphatic rings. The van der Waals surface area contributed by atoms with Gasteiger partial charge in [-0.05, 0) is 49.9 Å². The first-order chi connectivity index (χ1) is 16.3. The van der Waals surface area contributed by atoms with Crippen LogP contribution in [0.5, 0.6) is 0 Å². The minimum Gasteiger partial charge on any atom is -0.382 e. The van der Waals surface area contributed by atoms with E-state index < -0.39 is 11.9 Å². The lowest BCUT2D eigenvalue weighted by molar-refractivity contribution is -0.140. The number of hydrogen-bond donors (Lipinski definition) is 2. The second kappa shape index (κ2) is 8.62. The summed E-state index contributed by atoms with van der Waals surface area (Å²) in [5.41, 5.74) is 1.32. The topological polar surface area (TPSA) is 71.8 Å². The molecule has 6 nitrogen and oxygen atoms in total. The average molecular weight is 467 g/mol. The Kier molecular flexibility index (Phi) is 5.63. The van der Waals surface area contributed by atoms with Crippen LogP contribution in [0.1, 0.15) is 41.7 Å². The van der Waals surface area contributed by atoms with Gasteiger partial charge in [-0.3, -0.25) is 9.48 Å². The van der Waals surface area contributed by atoms with Crippen LogP contribution in [0.3, 0.4) is 0 Å². The standard InChI is InChI=1S/C25H24F3N5O/c1-33-22-12-15(6-7-16(22)14-29-33)24(34)31-18-10-8-17(9-11-18)30-21-13-23(25(26,27)28)32-20-5-3-2-4-19(20)21/h2-7,12-14,17-18H,8-11H2,1H3,(H,30,32)(H,31,34). The number of para-hydroxylation sites is 1. The van der Waals surface area contributed by atoms with Gasteiger partial charge in [0.1, 0.15) is 5.69 Å². The van der Waals surface area contributed by atoms with Gasteiger partial charge in [-0.25, -0.2) is 4.98 Å². The molecule has 34 heavy (non-hydrogen) atoms. The van der Waals surface area contributed by atoms with Crippen LogP contribution in [0.25, 0.3) is 21.8 Å². The summed E-state index contributed by atoms with van der Waals surface area (Å²) in [6, 6.07) is 13.5. The summed E-state index contributed by atoms with van der Waals surface area (Å²) in [6.07, 6.45) is 0.211. The zero-order chi connectivity index (χ0) is 23.9. The van der Waals surface area contributed by atoms with Gasteiger partial charge in [0.2, 0.25) is 0 Å². The van der Waals surface area contributed by atoms with Crippen molar-refractivity contribution in [2.24, 2.45) is 7.05 Å². The number of amides is 1. The monoisotopic (exact) mass is 467 g/mol. The minimum absolute atomic E-state index is 0.0193. The Bertz CT molecular complexity index is 1360. The second-order valence-electron chi connectivity index (χ2n) is 8.78. The molecule has 0 atom stereocenters. The van der Waals surface area contributed by atoms with Crippen LogP contribution in [-0.4, -0.2) is 32.8 Å². The zero-order valence-electron chi connectivity index (χ0n) is 18.6. The van der Waals surface area contributed by atoms with E-state index in [4.69, 9.17) is 0 Å². The number of rotatable bonds is 4. The highest BCUT2D eigenvalue weighted by molar-refractivity contribution is 5.98. The van der Waals surface area contributed by atoms with Crippen LogP contribution >= 0.6 is 0 Å². The maximum atomic E-state index is 13.3. The number of nitrogens with zero attached hydrogens (tertiary/aromatic N) is 3. The third-order valence-electron chi connectivity index (χ3n) is 6.44. The molecule has 4 aromatic rings. The van der Waals surface area contributed by atoms with E-state index >= 15 is 0 Å². The molecule has 2 N–H and O–H groups in total. The quantitative estimate of drug-likeness (QED) is 0.428. The van der Waals surface area contributed by atoms with Crippen LogP contribution < -0.4 is 10.6 Å². The van der Waals surface area contributed by atoms with E-state index in [2.05, 4.69) is 20.7 Å². The number of alkyl halides is 3. The molecule has 5 rings (SSSR count). The summed E-state index contributed by atoms with van der Waals surface area (Å²) in [4.78, 5) is 16.5. The molecular weight excluding hydrogens is 443 g/mol. The highest BCUT2D eigenvalue weighted by Gasteiger charge is 2.34. The van der Waals surface area contributed by atoms with Gasteiger partial charge < -0.3 is 10.6 Å². The highest BCUT2D eigenvalue weighted by atomic mass is 19.4. The van der Waals surface area contributed by atoms with E-state index in [1.807, 2.05) is 19.2 Å². The summed E-state index contributed by atoms with van der Waals surface area (Å²) >= 11 is 0. The second-order valence-corrected chi connectivity index (χ2v) is 8.78. The summed E-state index contributed by atoms with van der Waals surface area (Å²) < 4.78 is 41.8. The van der Waals surface area contributed by atoms with Crippen molar-refractivity contribution >= 4 is 33.4 Å². The number of nitrogens with one attached hydrogen (secondary N) is 2. The predicted molar refractivity (Wildman–Crippen MR) is 125 cm³/mol. The lowest BCUT2D eigenvalue weighted by Crippen LogP contribution is -2.40. The Hall–Kier alpha value is -3.62. The number of halogens is 3. The highest BCUT2D eigenvalue weighted by Crippen LogP contribution is 2.34. The van der Waals surface area contributed by atoms with Crippen molar-refractivity contribution in [2.45, 2.75) is 43.9 Å². The molecule has 0 saturated heterocycles. The molecule has 2 heterocycles. The molecule has 0 unspecified atom stereocenters. The van der Waals surface area contributed by atoms with Gasteiger partial charge >= 0.3 is 6.18 Å². The normalized spacial score (nSPS) is 18.8. The number of pyridine rings is 1. The molecule has 0 aliphatic heterocycles. The van der Waals surface area contributed by atoms with Crippen LogP contribution in [0.4, 0.5) is 18.9 Å². The van der Waals surface area contributed by atoms with Crippen molar-refractivity contribution in [3.05, 3.63) is 66.0 Å². The van der Waals surface area contributed by atoms with Crippen molar-refractivity contribution in [3.8, 4) is 0 Å². The van der Waals surface area contributed by atoms with Crippen LogP contribution in [-0.2, 0) is 13.2 Å². The first kappa shape index (κ1) is 22.2. The Morgan fingerprint density at radius 3 is 2.53 bits per heavy atom. The van der Waals surface area contributed by atoms with Crippen molar-refractivity contribution in [1.82, 2.24) is 20.1 Å². The van der Waals surface area contributed by atoms with Crippen molar-refractivity contribution in [3.63, 3.8) is 0 Å². The lowest BCUT2D eigenvalue weighted by atomic mass is 9.90. The Morgan fingerprint density at radius 2 is 1.76 bits per heavy atom. The van der Waals surface area contributed by atoms with Gasteiger partial charge in [0.15, 0.2) is 0 Å². The van der Waals surface area contributed by atoms with Crippen LogP contribution in [0.2, 0.25) is 0 Å². The van der Waals surface area contributed by atoms with E-state index in [9.17, 15) is 18.0 Å². The molecule has 1 amide bonds. The Labute approximate surface area is 194 Å². The molecule has 1 aliphatic carbocycles. The Balaban J connectivity index is 1.24. The van der Waals surface area contributed by atoms with Gasteiger partial charge in [0, 0.05) is 41.2 Å². The summed E-state index contributed by atoms with van der Waals surface area (Å²) in [5.74, 6) is -0.130. The fourth-order valence-corrected chi connectivity index (χ4v) is 4.60. The van der Waals surface area contributed by atoms with Gasteiger partial charge in [0.05, 0.1) is 17.2 Å². The van der Waals surface area contributed by atoms with Crippen LogP contribution in [0, 0.1) is 0 Å². The van der Waals surface area contributed by atoms with E-state index in [1.165, 1.54) is 0 Å². The predicted octanol–water partition coefficient (Wildman–Crippen LogP) is 5.29. The molecule has 0 radical (unpaired) electrons. The average Bonchev–Trinajstić information content (AvgIpc) is 3.19. The molecule has 1 saturated carbocycles. The molecule has 9 heteroatoms. The molecule has 2 aromatic heterocycles. The van der Waals surface area contributed by atoms with Gasteiger partial charge in [-0.1, -0.05) is 24.3 Å². The van der Waals surface area contributed by atoms with Gasteiger partial charge in [0.25, 0.3) is 5.91 Å². The fourth-order valence-electron chi connectivity index (χ4n) is 4.60. The summed E-state index contributed by atoms with van der Waals surface area (Å²) in [6.45, 7) is 0. The number of carbonyl (C=O) groups is 1. The van der Waals surface area contributed by atoms with E-state index in [0.29, 0.717) is 22.2 Å². The van der Waals surface area contributed by atoms with E-state index in [-0.39, 0.29) is 18.0 Å². The number of carbonyl (C=O) groups excluding carboxylic acids is 1. The van der Waals surface area contributed by atoms with Crippen molar-refractivity contribution in [1.29, 1.82) is 0 Å². The summed E-state index contributed by atoms with van der Waals surface area (Å²) in [7, 11) is 1.84. The Morgan fingerprint density at radius 1 is 1.03 bits per heavy atom. The third-order valence-corrected chi connectivity index (χ3v) is 6.44. The van der Waals surface area contributed by atoms with Crippen molar-refractivity contribution < 1.29 is 18.0 Å². The SMILES string of the molecule is Cn1ncc2ccc(C(=O)NC3CCC(Nc4cc(C(F)(F)F)nc5ccccc45)CC3)cc21. The number of aromatic nitrogens is 3. The maximum absolute atomic E-state index is 13.3. The largest absolute Gasteiger partial charge is 0.433 e. The molecule has 0 bridgehead atoms. The van der Waals surface area contributed by atoms with E-state index in [1.54, 1.807) is 41.2 Å². The van der Waals surface area contributed by atoms with Crippen LogP contribution in [0.15, 0.2) is 54.7 Å². The first-order valence-electron chi connectivity index (χ1n) is 11.2. The van der Waals surface area contributed by atoms with Crippen molar-refractivity contribution in [2.75, 3.05) is 5.32 Å². The minimum atomic E-state index is -4.51. The smallest absolute Gasteiger partial charge is 0.382 e. The number of aryl methyl sites for hydroxylation is 1. The number of fused-ring (bicyclic) bond motifs is 2. The molecular formula is C25H24F3N5O. The third kappa shape index (κ3) is 4.42. The molecule has 0 spiro atoms.